The average Bonchev–Trinajstić information content (AvgIpc) is 2.55. The van der Waals surface area contributed by atoms with Crippen LogP contribution in [0.2, 0.25) is 0 Å². The highest BCUT2D eigenvalue weighted by atomic mass is 14.2. The molecule has 0 fully saturated rings. The molecule has 0 N–H and O–H groups in total. The monoisotopic (exact) mass is 238 g/mol. The molecule has 0 nitrogen and oxygen atoms in total. The van der Waals surface area contributed by atoms with Crippen molar-refractivity contribution in [3.63, 3.8) is 0 Å². The summed E-state index contributed by atoms with van der Waals surface area (Å²) in [6.45, 7) is 8.86. The highest BCUT2D eigenvalue weighted by Gasteiger charge is 2.13. The fraction of sp³-hybridized carbons (Fsp3) is 0.333. The minimum absolute atomic E-state index is 0.139. The minimum atomic E-state index is 0.139. The summed E-state index contributed by atoms with van der Waals surface area (Å²) < 4.78 is 0. The Bertz CT molecular complexity index is 502. The SMILES string of the molecule is CC1=CC(C)(C)C=CC(C2=CC=CC(C)C=C2)=C1. The molecule has 0 aromatic rings. The van der Waals surface area contributed by atoms with Gasteiger partial charge in [0.2, 0.25) is 0 Å². The molecule has 0 aliphatic heterocycles. The summed E-state index contributed by atoms with van der Waals surface area (Å²) in [7, 11) is 0. The van der Waals surface area contributed by atoms with Gasteiger partial charge in [0, 0.05) is 5.41 Å². The van der Waals surface area contributed by atoms with Crippen LogP contribution in [0.25, 0.3) is 0 Å². The molecule has 0 spiro atoms. The molecule has 0 heterocycles. The zero-order valence-electron chi connectivity index (χ0n) is 11.8. The first-order valence-corrected chi connectivity index (χ1v) is 6.64. The molecule has 2 rings (SSSR count). The van der Waals surface area contributed by atoms with Crippen molar-refractivity contribution in [2.75, 3.05) is 0 Å². The van der Waals surface area contributed by atoms with Crippen LogP contribution < -0.4 is 0 Å². The maximum atomic E-state index is 2.32. The number of allylic oxidation sites excluding steroid dienone is 12. The molecule has 0 saturated heterocycles. The largest absolute Gasteiger partial charge is 0.0779 e. The van der Waals surface area contributed by atoms with Crippen LogP contribution in [0.1, 0.15) is 27.7 Å². The fourth-order valence-electron chi connectivity index (χ4n) is 2.36. The van der Waals surface area contributed by atoms with E-state index in [0.29, 0.717) is 5.92 Å². The molecule has 0 bridgehead atoms. The predicted molar refractivity (Wildman–Crippen MR) is 80.3 cm³/mol. The topological polar surface area (TPSA) is 0 Å². The van der Waals surface area contributed by atoms with E-state index in [-0.39, 0.29) is 5.41 Å². The van der Waals surface area contributed by atoms with Crippen LogP contribution in [0.5, 0.6) is 0 Å². The zero-order valence-corrected chi connectivity index (χ0v) is 11.8. The summed E-state index contributed by atoms with van der Waals surface area (Å²) in [4.78, 5) is 0. The molecule has 0 aromatic heterocycles. The van der Waals surface area contributed by atoms with Gasteiger partial charge in [0.1, 0.15) is 0 Å². The molecular formula is C18H22. The summed E-state index contributed by atoms with van der Waals surface area (Å²) in [6.07, 6.45) is 20.2. The van der Waals surface area contributed by atoms with Crippen LogP contribution in [0, 0.1) is 11.3 Å². The van der Waals surface area contributed by atoms with Crippen LogP contribution in [0.15, 0.2) is 71.4 Å². The third-order valence-corrected chi connectivity index (χ3v) is 3.28. The van der Waals surface area contributed by atoms with E-state index < -0.39 is 0 Å². The summed E-state index contributed by atoms with van der Waals surface area (Å²) in [5.41, 5.74) is 4.05. The van der Waals surface area contributed by atoms with Gasteiger partial charge in [-0.05, 0) is 24.0 Å². The lowest BCUT2D eigenvalue weighted by Gasteiger charge is -2.13. The second-order valence-electron chi connectivity index (χ2n) is 5.87. The summed E-state index contributed by atoms with van der Waals surface area (Å²) in [5.74, 6) is 0.516. The van der Waals surface area contributed by atoms with Crippen molar-refractivity contribution < 1.29 is 0 Å². The van der Waals surface area contributed by atoms with Gasteiger partial charge in [0.05, 0.1) is 0 Å². The molecule has 94 valence electrons. The smallest absolute Gasteiger partial charge is 0.00134 e. The Morgan fingerprint density at radius 2 is 1.83 bits per heavy atom. The molecule has 0 heteroatoms. The Balaban J connectivity index is 2.36. The van der Waals surface area contributed by atoms with Crippen molar-refractivity contribution >= 4 is 0 Å². The molecule has 1 unspecified atom stereocenters. The van der Waals surface area contributed by atoms with Gasteiger partial charge < -0.3 is 0 Å². The van der Waals surface area contributed by atoms with Gasteiger partial charge >= 0.3 is 0 Å². The van der Waals surface area contributed by atoms with Crippen molar-refractivity contribution in [1.82, 2.24) is 0 Å². The Labute approximate surface area is 111 Å². The minimum Gasteiger partial charge on any atom is -0.0779 e. The highest BCUT2D eigenvalue weighted by molar-refractivity contribution is 5.53. The van der Waals surface area contributed by atoms with E-state index in [9.17, 15) is 0 Å². The Hall–Kier alpha value is -1.56. The van der Waals surface area contributed by atoms with Crippen LogP contribution >= 0.6 is 0 Å². The molecule has 2 aliphatic rings. The molecular weight excluding hydrogens is 216 g/mol. The molecule has 18 heavy (non-hydrogen) atoms. The van der Waals surface area contributed by atoms with Crippen molar-refractivity contribution in [2.45, 2.75) is 27.7 Å². The number of hydrogen-bond acceptors (Lipinski definition) is 0. The molecule has 0 aromatic carbocycles. The molecule has 2 aliphatic carbocycles. The number of hydrogen-bond donors (Lipinski definition) is 0. The first-order valence-electron chi connectivity index (χ1n) is 6.64. The zero-order chi connectivity index (χ0) is 13.2. The lowest BCUT2D eigenvalue weighted by Crippen LogP contribution is -2.01. The highest BCUT2D eigenvalue weighted by Crippen LogP contribution is 2.29. The standard InChI is InChI=1S/C18H22/c1-14-6-5-7-16(9-8-14)17-10-11-18(3,4)13-15(2)12-17/h5-14H,1-4H3. The molecule has 0 radical (unpaired) electrons. The molecule has 0 amide bonds. The van der Waals surface area contributed by atoms with Gasteiger partial charge in [-0.2, -0.15) is 0 Å². The third-order valence-electron chi connectivity index (χ3n) is 3.28. The second-order valence-corrected chi connectivity index (χ2v) is 5.87. The summed E-state index contributed by atoms with van der Waals surface area (Å²) >= 11 is 0. The van der Waals surface area contributed by atoms with Crippen molar-refractivity contribution in [3.05, 3.63) is 71.4 Å². The second kappa shape index (κ2) is 4.97. The van der Waals surface area contributed by atoms with Gasteiger partial charge in [-0.1, -0.05) is 81.0 Å². The first kappa shape index (κ1) is 12.9. The van der Waals surface area contributed by atoms with Crippen molar-refractivity contribution in [2.24, 2.45) is 11.3 Å². The lowest BCUT2D eigenvalue weighted by molar-refractivity contribution is 0.623. The summed E-state index contributed by atoms with van der Waals surface area (Å²) in [6, 6.07) is 0. The maximum Gasteiger partial charge on any atom is 0.00134 e. The summed E-state index contributed by atoms with van der Waals surface area (Å²) in [5, 5.41) is 0. The Morgan fingerprint density at radius 3 is 2.61 bits per heavy atom. The van der Waals surface area contributed by atoms with Gasteiger partial charge in [0.25, 0.3) is 0 Å². The van der Waals surface area contributed by atoms with Gasteiger partial charge in [0.15, 0.2) is 0 Å². The van der Waals surface area contributed by atoms with E-state index in [1.165, 1.54) is 16.7 Å². The predicted octanol–water partition coefficient (Wildman–Crippen LogP) is 5.14. The maximum absolute atomic E-state index is 2.32. The fourth-order valence-corrected chi connectivity index (χ4v) is 2.36. The van der Waals surface area contributed by atoms with Crippen LogP contribution in [-0.2, 0) is 0 Å². The van der Waals surface area contributed by atoms with E-state index in [2.05, 4.69) is 82.4 Å². The Morgan fingerprint density at radius 1 is 1.06 bits per heavy atom. The first-order chi connectivity index (χ1) is 8.46. The molecule has 1 atom stereocenters. The van der Waals surface area contributed by atoms with Crippen LogP contribution in [0.3, 0.4) is 0 Å². The van der Waals surface area contributed by atoms with Crippen LogP contribution in [-0.4, -0.2) is 0 Å². The number of rotatable bonds is 1. The van der Waals surface area contributed by atoms with Crippen molar-refractivity contribution in [3.8, 4) is 0 Å². The molecule has 0 saturated carbocycles. The third kappa shape index (κ3) is 3.22. The van der Waals surface area contributed by atoms with E-state index in [4.69, 9.17) is 0 Å². The average molecular weight is 238 g/mol. The normalized spacial score (nSPS) is 26.0. The quantitative estimate of drug-likeness (QED) is 0.593. The Kier molecular flexibility index (Phi) is 3.56. The van der Waals surface area contributed by atoms with Crippen LogP contribution in [0.4, 0.5) is 0 Å². The van der Waals surface area contributed by atoms with E-state index in [1.54, 1.807) is 0 Å². The van der Waals surface area contributed by atoms with Gasteiger partial charge in [-0.3, -0.25) is 0 Å². The lowest BCUT2D eigenvalue weighted by atomic mass is 9.91. The van der Waals surface area contributed by atoms with Crippen molar-refractivity contribution in [1.29, 1.82) is 0 Å². The van der Waals surface area contributed by atoms with E-state index in [0.717, 1.165) is 0 Å². The van der Waals surface area contributed by atoms with E-state index >= 15 is 0 Å². The van der Waals surface area contributed by atoms with E-state index in [1.807, 2.05) is 0 Å². The van der Waals surface area contributed by atoms with Gasteiger partial charge in [-0.15, -0.1) is 0 Å². The van der Waals surface area contributed by atoms with Gasteiger partial charge in [-0.25, -0.2) is 0 Å².